The highest BCUT2D eigenvalue weighted by molar-refractivity contribution is 6.30. The van der Waals surface area contributed by atoms with Crippen LogP contribution in [0.5, 0.6) is 5.75 Å². The first kappa shape index (κ1) is 18.0. The molecule has 2 aromatic heterocycles. The van der Waals surface area contributed by atoms with Crippen LogP contribution >= 0.6 is 11.6 Å². The zero-order chi connectivity index (χ0) is 19.0. The van der Waals surface area contributed by atoms with Crippen molar-refractivity contribution >= 4 is 23.1 Å². The number of phenols is 1. The molecular formula is C19H21ClFN5O. The van der Waals surface area contributed by atoms with Gasteiger partial charge in [0.05, 0.1) is 11.1 Å². The number of hydrogen-bond donors (Lipinski definition) is 2. The van der Waals surface area contributed by atoms with Gasteiger partial charge in [0, 0.05) is 23.8 Å². The Labute approximate surface area is 161 Å². The molecule has 2 N–H and O–H groups in total. The van der Waals surface area contributed by atoms with E-state index in [4.69, 9.17) is 11.6 Å². The normalized spacial score (nSPS) is 18.1. The fraction of sp³-hybridized carbons (Fsp3) is 0.368. The van der Waals surface area contributed by atoms with Crippen LogP contribution in [0.25, 0.3) is 16.8 Å². The first-order valence-corrected chi connectivity index (χ1v) is 9.45. The lowest BCUT2D eigenvalue weighted by Crippen LogP contribution is -2.42. The van der Waals surface area contributed by atoms with Crippen molar-refractivity contribution in [1.29, 1.82) is 0 Å². The highest BCUT2D eigenvalue weighted by Crippen LogP contribution is 2.36. The molecule has 4 rings (SSSR count). The van der Waals surface area contributed by atoms with E-state index in [1.807, 2.05) is 22.7 Å². The molecule has 1 aliphatic rings. The van der Waals surface area contributed by atoms with Gasteiger partial charge in [-0.1, -0.05) is 18.5 Å². The number of nitrogens with zero attached hydrogens (tertiary/aromatic N) is 4. The molecular weight excluding hydrogens is 369 g/mol. The lowest BCUT2D eigenvalue weighted by atomic mass is 10.1. The molecule has 0 aliphatic carbocycles. The third-order valence-corrected chi connectivity index (χ3v) is 5.24. The molecule has 3 aromatic rings. The average Bonchev–Trinajstić information content (AvgIpc) is 3.13. The topological polar surface area (TPSA) is 65.7 Å². The van der Waals surface area contributed by atoms with Crippen LogP contribution in [0.3, 0.4) is 0 Å². The van der Waals surface area contributed by atoms with Crippen LogP contribution in [-0.2, 0) is 0 Å². The molecule has 1 aliphatic heterocycles. The van der Waals surface area contributed by atoms with Gasteiger partial charge >= 0.3 is 0 Å². The van der Waals surface area contributed by atoms with E-state index in [2.05, 4.69) is 27.3 Å². The second-order valence-corrected chi connectivity index (χ2v) is 7.23. The Bertz CT molecular complexity index is 953. The average molecular weight is 390 g/mol. The monoisotopic (exact) mass is 389 g/mol. The highest BCUT2D eigenvalue weighted by Gasteiger charge is 2.22. The second kappa shape index (κ2) is 7.32. The van der Waals surface area contributed by atoms with Gasteiger partial charge < -0.3 is 15.3 Å². The number of rotatable bonds is 4. The Kier molecular flexibility index (Phi) is 4.88. The van der Waals surface area contributed by atoms with Gasteiger partial charge in [-0.05, 0) is 50.2 Å². The minimum atomic E-state index is -0.635. The predicted molar refractivity (Wildman–Crippen MR) is 104 cm³/mol. The first-order valence-electron chi connectivity index (χ1n) is 9.08. The molecule has 1 atom stereocenters. The van der Waals surface area contributed by atoms with Crippen molar-refractivity contribution < 1.29 is 9.50 Å². The van der Waals surface area contributed by atoms with Crippen LogP contribution in [0.15, 0.2) is 30.5 Å². The molecule has 0 radical (unpaired) electrons. The maximum Gasteiger partial charge on any atom is 0.228 e. The highest BCUT2D eigenvalue weighted by atomic mass is 35.5. The third kappa shape index (κ3) is 3.44. The largest absolute Gasteiger partial charge is 0.507 e. The summed E-state index contributed by atoms with van der Waals surface area (Å²) in [6, 6.07) is 6.41. The summed E-state index contributed by atoms with van der Waals surface area (Å²) in [5.74, 6) is -0.288. The Morgan fingerprint density at radius 3 is 3.00 bits per heavy atom. The van der Waals surface area contributed by atoms with Crippen molar-refractivity contribution in [3.63, 3.8) is 0 Å². The first-order chi connectivity index (χ1) is 13.1. The molecule has 1 fully saturated rings. The quantitative estimate of drug-likeness (QED) is 0.710. The molecule has 0 unspecified atom stereocenters. The van der Waals surface area contributed by atoms with E-state index in [0.29, 0.717) is 11.5 Å². The Morgan fingerprint density at radius 2 is 2.22 bits per heavy atom. The zero-order valence-corrected chi connectivity index (χ0v) is 15.7. The van der Waals surface area contributed by atoms with E-state index in [1.165, 1.54) is 6.07 Å². The number of anilines is 1. The van der Waals surface area contributed by atoms with Crippen molar-refractivity contribution in [1.82, 2.24) is 19.5 Å². The van der Waals surface area contributed by atoms with Crippen molar-refractivity contribution in [3.05, 3.63) is 41.3 Å². The molecule has 8 heteroatoms. The van der Waals surface area contributed by atoms with Crippen molar-refractivity contribution in [2.24, 2.45) is 0 Å². The number of likely N-dealkylation sites (tertiary alicyclic amines) is 1. The van der Waals surface area contributed by atoms with E-state index in [9.17, 15) is 9.50 Å². The number of piperidine rings is 1. The van der Waals surface area contributed by atoms with Crippen LogP contribution in [0.2, 0.25) is 5.02 Å². The lowest BCUT2D eigenvalue weighted by Gasteiger charge is -2.32. The predicted octanol–water partition coefficient (Wildman–Crippen LogP) is 3.79. The summed E-state index contributed by atoms with van der Waals surface area (Å²) in [6.45, 7) is 5.26. The van der Waals surface area contributed by atoms with Crippen LogP contribution in [0, 0.1) is 5.82 Å². The molecule has 142 valence electrons. The smallest absolute Gasteiger partial charge is 0.228 e. The van der Waals surface area contributed by atoms with Gasteiger partial charge in [0.1, 0.15) is 17.3 Å². The van der Waals surface area contributed by atoms with Gasteiger partial charge in [-0.2, -0.15) is 0 Å². The molecule has 27 heavy (non-hydrogen) atoms. The third-order valence-electron chi connectivity index (χ3n) is 5.02. The standard InChI is InChI=1S/C19H21ClFN5O/c1-2-25-7-3-5-13(11-25)22-19-24-23-18(15-6-4-8-26(15)19)17-14(21)9-12(20)10-16(17)27/h4,6,8-10,13,27H,2-3,5,7,11H2,1H3,(H,22,24)/t13-/m1/s1. The van der Waals surface area contributed by atoms with E-state index >= 15 is 0 Å². The summed E-state index contributed by atoms with van der Waals surface area (Å²) in [7, 11) is 0. The van der Waals surface area contributed by atoms with Crippen LogP contribution in [-0.4, -0.2) is 50.3 Å². The Morgan fingerprint density at radius 1 is 1.37 bits per heavy atom. The maximum absolute atomic E-state index is 14.4. The van der Waals surface area contributed by atoms with Crippen molar-refractivity contribution in [3.8, 4) is 17.0 Å². The molecule has 1 aromatic carbocycles. The number of phenolic OH excluding ortho intramolecular Hbond substituents is 1. The number of benzene rings is 1. The number of aromatic hydroxyl groups is 1. The summed E-state index contributed by atoms with van der Waals surface area (Å²) >= 11 is 5.81. The van der Waals surface area contributed by atoms with E-state index in [1.54, 1.807) is 0 Å². The van der Waals surface area contributed by atoms with Crippen molar-refractivity contribution in [2.75, 3.05) is 25.0 Å². The van der Waals surface area contributed by atoms with Gasteiger partial charge in [0.25, 0.3) is 0 Å². The molecule has 0 saturated carbocycles. The fourth-order valence-corrected chi connectivity index (χ4v) is 3.87. The summed E-state index contributed by atoms with van der Waals surface area (Å²) in [6.07, 6.45) is 4.05. The van der Waals surface area contributed by atoms with Crippen LogP contribution < -0.4 is 5.32 Å². The van der Waals surface area contributed by atoms with Crippen LogP contribution in [0.1, 0.15) is 19.8 Å². The van der Waals surface area contributed by atoms with Gasteiger partial charge in [0.15, 0.2) is 0 Å². The molecule has 0 amide bonds. The number of likely N-dealkylation sites (N-methyl/N-ethyl adjacent to an activating group) is 1. The summed E-state index contributed by atoms with van der Waals surface area (Å²) in [4.78, 5) is 2.40. The van der Waals surface area contributed by atoms with Gasteiger partial charge in [-0.3, -0.25) is 4.40 Å². The van der Waals surface area contributed by atoms with Gasteiger partial charge in [-0.15, -0.1) is 10.2 Å². The maximum atomic E-state index is 14.4. The van der Waals surface area contributed by atoms with E-state index < -0.39 is 5.82 Å². The summed E-state index contributed by atoms with van der Waals surface area (Å²) in [5.41, 5.74) is 0.931. The Hall–Kier alpha value is -2.38. The minimum absolute atomic E-state index is 0.00280. The number of aromatic nitrogens is 3. The van der Waals surface area contributed by atoms with Crippen LogP contribution in [0.4, 0.5) is 10.3 Å². The molecule has 0 spiro atoms. The SMILES string of the molecule is CCN1CCC[C@@H](Nc2nnc(-c3c(O)cc(Cl)cc3F)c3cccn23)C1. The number of halogens is 2. The van der Waals surface area contributed by atoms with Gasteiger partial charge in [0.2, 0.25) is 5.95 Å². The number of nitrogens with one attached hydrogen (secondary N) is 1. The second-order valence-electron chi connectivity index (χ2n) is 6.79. The number of fused-ring (bicyclic) bond motifs is 1. The van der Waals surface area contributed by atoms with E-state index in [0.717, 1.165) is 38.5 Å². The van der Waals surface area contributed by atoms with Gasteiger partial charge in [-0.25, -0.2) is 4.39 Å². The summed E-state index contributed by atoms with van der Waals surface area (Å²) < 4.78 is 16.3. The molecule has 0 bridgehead atoms. The van der Waals surface area contributed by atoms with E-state index in [-0.39, 0.29) is 28.1 Å². The molecule has 3 heterocycles. The minimum Gasteiger partial charge on any atom is -0.507 e. The summed E-state index contributed by atoms with van der Waals surface area (Å²) in [5, 5.41) is 22.3. The molecule has 6 nitrogen and oxygen atoms in total. The fourth-order valence-electron chi connectivity index (χ4n) is 3.67. The number of hydrogen-bond acceptors (Lipinski definition) is 5. The molecule has 1 saturated heterocycles. The zero-order valence-electron chi connectivity index (χ0n) is 15.0. The Balaban J connectivity index is 1.71. The lowest BCUT2D eigenvalue weighted by molar-refractivity contribution is 0.226. The van der Waals surface area contributed by atoms with Crippen molar-refractivity contribution in [2.45, 2.75) is 25.8 Å².